The Kier molecular flexibility index (Phi) is 3.18. The normalized spacial score (nSPS) is 10.8. The van der Waals surface area contributed by atoms with Crippen molar-refractivity contribution < 1.29 is 5.11 Å². The maximum Gasteiger partial charge on any atom is 0.212 e. The van der Waals surface area contributed by atoms with E-state index in [1.54, 1.807) is 11.7 Å². The molecule has 2 aromatic rings. The molecule has 1 aromatic heterocycles. The van der Waals surface area contributed by atoms with Crippen LogP contribution in [0.15, 0.2) is 24.3 Å². The lowest BCUT2D eigenvalue weighted by Gasteiger charge is -2.02. The van der Waals surface area contributed by atoms with Crippen molar-refractivity contribution in [2.45, 2.75) is 26.7 Å². The van der Waals surface area contributed by atoms with E-state index in [1.807, 2.05) is 12.1 Å². The van der Waals surface area contributed by atoms with Crippen LogP contribution in [0, 0.1) is 6.92 Å². The number of aromatic hydroxyl groups is 1. The fourth-order valence-corrected chi connectivity index (χ4v) is 2.06. The molecule has 0 aliphatic heterocycles. The Balaban J connectivity index is 2.55. The van der Waals surface area contributed by atoms with Crippen LogP contribution in [0.4, 0.5) is 0 Å². The zero-order valence-corrected chi connectivity index (χ0v) is 10.6. The van der Waals surface area contributed by atoms with Gasteiger partial charge >= 0.3 is 0 Å². The van der Waals surface area contributed by atoms with Gasteiger partial charge in [-0.2, -0.15) is 5.10 Å². The van der Waals surface area contributed by atoms with Crippen molar-refractivity contribution in [2.24, 2.45) is 7.05 Å². The summed E-state index contributed by atoms with van der Waals surface area (Å²) in [6.07, 6.45) is 1.85. The summed E-state index contributed by atoms with van der Waals surface area (Å²) in [5.74, 6) is 0.281. The third-order valence-corrected chi connectivity index (χ3v) is 2.90. The molecule has 3 nitrogen and oxygen atoms in total. The maximum atomic E-state index is 9.98. The standard InChI is InChI=1S/C14H18N2O/c1-4-6-12-13(15-16(3)14(12)17)11-8-5-7-10(2)9-11/h5,7-9,17H,4,6H2,1-3H3. The molecule has 0 bridgehead atoms. The quantitative estimate of drug-likeness (QED) is 0.880. The molecule has 0 amide bonds. The predicted molar refractivity (Wildman–Crippen MR) is 69.0 cm³/mol. The molecule has 3 heteroatoms. The van der Waals surface area contributed by atoms with Gasteiger partial charge in [-0.15, -0.1) is 0 Å². The highest BCUT2D eigenvalue weighted by atomic mass is 16.3. The SMILES string of the molecule is CCCc1c(-c2cccc(C)c2)nn(C)c1O. The highest BCUT2D eigenvalue weighted by Crippen LogP contribution is 2.30. The van der Waals surface area contributed by atoms with Gasteiger partial charge in [0.05, 0.1) is 5.69 Å². The molecule has 0 radical (unpaired) electrons. The van der Waals surface area contributed by atoms with E-state index in [1.165, 1.54) is 5.56 Å². The summed E-state index contributed by atoms with van der Waals surface area (Å²) in [5, 5.41) is 14.4. The highest BCUT2D eigenvalue weighted by molar-refractivity contribution is 5.66. The van der Waals surface area contributed by atoms with Gasteiger partial charge in [-0.25, -0.2) is 4.68 Å². The summed E-state index contributed by atoms with van der Waals surface area (Å²) in [7, 11) is 1.77. The van der Waals surface area contributed by atoms with Crippen LogP contribution in [0.2, 0.25) is 0 Å². The maximum absolute atomic E-state index is 9.98. The van der Waals surface area contributed by atoms with Gasteiger partial charge in [0.1, 0.15) is 0 Å². The second-order valence-electron chi connectivity index (χ2n) is 4.39. The number of aryl methyl sites for hydroxylation is 2. The first-order chi connectivity index (χ1) is 8.13. The van der Waals surface area contributed by atoms with Gasteiger partial charge in [0.15, 0.2) is 0 Å². The van der Waals surface area contributed by atoms with Gasteiger partial charge in [0.25, 0.3) is 0 Å². The Morgan fingerprint density at radius 3 is 2.76 bits per heavy atom. The van der Waals surface area contributed by atoms with Crippen molar-refractivity contribution in [3.63, 3.8) is 0 Å². The zero-order chi connectivity index (χ0) is 12.4. The first-order valence-corrected chi connectivity index (χ1v) is 5.95. The molecule has 2 rings (SSSR count). The monoisotopic (exact) mass is 230 g/mol. The molecule has 0 unspecified atom stereocenters. The van der Waals surface area contributed by atoms with E-state index in [9.17, 15) is 5.11 Å². The average molecular weight is 230 g/mol. The summed E-state index contributed by atoms with van der Waals surface area (Å²) in [6, 6.07) is 8.22. The lowest BCUT2D eigenvalue weighted by Crippen LogP contribution is -1.89. The van der Waals surface area contributed by atoms with E-state index < -0.39 is 0 Å². The first kappa shape index (κ1) is 11.7. The van der Waals surface area contributed by atoms with E-state index in [0.29, 0.717) is 0 Å². The van der Waals surface area contributed by atoms with Gasteiger partial charge in [0.2, 0.25) is 5.88 Å². The van der Waals surface area contributed by atoms with Crippen LogP contribution in [0.25, 0.3) is 11.3 Å². The predicted octanol–water partition coefficient (Wildman–Crippen LogP) is 3.05. The van der Waals surface area contributed by atoms with Crippen LogP contribution in [0.3, 0.4) is 0 Å². The van der Waals surface area contributed by atoms with Crippen molar-refractivity contribution in [1.82, 2.24) is 9.78 Å². The minimum absolute atomic E-state index is 0.281. The number of hydrogen-bond acceptors (Lipinski definition) is 2. The van der Waals surface area contributed by atoms with E-state index in [4.69, 9.17) is 0 Å². The molecule has 0 saturated carbocycles. The van der Waals surface area contributed by atoms with Crippen molar-refractivity contribution >= 4 is 0 Å². The van der Waals surface area contributed by atoms with E-state index in [0.717, 1.165) is 29.7 Å². The molecular formula is C14H18N2O. The van der Waals surface area contributed by atoms with Crippen LogP contribution < -0.4 is 0 Å². The molecule has 0 aliphatic carbocycles. The van der Waals surface area contributed by atoms with Gasteiger partial charge in [-0.05, 0) is 19.4 Å². The molecule has 0 spiro atoms. The number of aromatic nitrogens is 2. The Morgan fingerprint density at radius 1 is 1.35 bits per heavy atom. The number of benzene rings is 1. The summed E-state index contributed by atoms with van der Waals surface area (Å²) in [4.78, 5) is 0. The van der Waals surface area contributed by atoms with Crippen molar-refractivity contribution in [3.8, 4) is 17.1 Å². The third-order valence-electron chi connectivity index (χ3n) is 2.90. The van der Waals surface area contributed by atoms with Crippen LogP contribution in [-0.4, -0.2) is 14.9 Å². The van der Waals surface area contributed by atoms with Gasteiger partial charge in [0, 0.05) is 18.2 Å². The zero-order valence-electron chi connectivity index (χ0n) is 10.6. The molecule has 90 valence electrons. The topological polar surface area (TPSA) is 38.0 Å². The molecule has 0 fully saturated rings. The van der Waals surface area contributed by atoms with Crippen molar-refractivity contribution in [3.05, 3.63) is 35.4 Å². The second kappa shape index (κ2) is 4.62. The summed E-state index contributed by atoms with van der Waals surface area (Å²) in [6.45, 7) is 4.16. The minimum Gasteiger partial charge on any atom is -0.493 e. The summed E-state index contributed by atoms with van der Waals surface area (Å²) >= 11 is 0. The Morgan fingerprint density at radius 2 is 2.12 bits per heavy atom. The Labute approximate surface area is 102 Å². The summed E-state index contributed by atoms with van der Waals surface area (Å²) < 4.78 is 1.54. The van der Waals surface area contributed by atoms with Gasteiger partial charge in [-0.3, -0.25) is 0 Å². The highest BCUT2D eigenvalue weighted by Gasteiger charge is 2.15. The minimum atomic E-state index is 0.281. The number of rotatable bonds is 3. The molecule has 1 heterocycles. The number of nitrogens with zero attached hydrogens (tertiary/aromatic N) is 2. The fraction of sp³-hybridized carbons (Fsp3) is 0.357. The van der Waals surface area contributed by atoms with Gasteiger partial charge in [-0.1, -0.05) is 37.1 Å². The molecular weight excluding hydrogens is 212 g/mol. The van der Waals surface area contributed by atoms with Crippen molar-refractivity contribution in [2.75, 3.05) is 0 Å². The van der Waals surface area contributed by atoms with Crippen molar-refractivity contribution in [1.29, 1.82) is 0 Å². The van der Waals surface area contributed by atoms with E-state index in [2.05, 4.69) is 31.1 Å². The fourth-order valence-electron chi connectivity index (χ4n) is 2.06. The molecule has 0 saturated heterocycles. The molecule has 1 N–H and O–H groups in total. The number of hydrogen-bond donors (Lipinski definition) is 1. The Bertz CT molecular complexity index is 529. The van der Waals surface area contributed by atoms with E-state index >= 15 is 0 Å². The van der Waals surface area contributed by atoms with Gasteiger partial charge < -0.3 is 5.11 Å². The lowest BCUT2D eigenvalue weighted by atomic mass is 10.0. The largest absolute Gasteiger partial charge is 0.493 e. The molecule has 0 aliphatic rings. The average Bonchev–Trinajstić information content (AvgIpc) is 2.58. The Hall–Kier alpha value is -1.77. The molecule has 17 heavy (non-hydrogen) atoms. The second-order valence-corrected chi connectivity index (χ2v) is 4.39. The molecule has 0 atom stereocenters. The van der Waals surface area contributed by atoms with Crippen LogP contribution >= 0.6 is 0 Å². The summed E-state index contributed by atoms with van der Waals surface area (Å²) in [5.41, 5.74) is 4.12. The third kappa shape index (κ3) is 2.18. The van der Waals surface area contributed by atoms with Crippen LogP contribution in [0.5, 0.6) is 5.88 Å². The lowest BCUT2D eigenvalue weighted by molar-refractivity contribution is 0.413. The molecule has 1 aromatic carbocycles. The van der Waals surface area contributed by atoms with Crippen LogP contribution in [-0.2, 0) is 13.5 Å². The smallest absolute Gasteiger partial charge is 0.212 e. The first-order valence-electron chi connectivity index (χ1n) is 5.95. The van der Waals surface area contributed by atoms with E-state index in [-0.39, 0.29) is 5.88 Å². The van der Waals surface area contributed by atoms with Crippen LogP contribution in [0.1, 0.15) is 24.5 Å².